The van der Waals surface area contributed by atoms with Gasteiger partial charge in [0.05, 0.1) is 15.8 Å². The number of anilines is 1. The van der Waals surface area contributed by atoms with Gasteiger partial charge in [-0.25, -0.2) is 17.8 Å². The van der Waals surface area contributed by atoms with Crippen LogP contribution in [0.25, 0.3) is 0 Å². The number of hydrogen-bond donors (Lipinski definition) is 0. The number of rotatable bonds is 4. The van der Waals surface area contributed by atoms with Gasteiger partial charge in [0.15, 0.2) is 0 Å². The summed E-state index contributed by atoms with van der Waals surface area (Å²) in [6.07, 6.45) is 2.96. The molecule has 0 spiro atoms. The second kappa shape index (κ2) is 9.10. The van der Waals surface area contributed by atoms with Crippen molar-refractivity contribution in [2.45, 2.75) is 17.7 Å². The number of benzene rings is 1. The molecule has 1 aromatic carbocycles. The van der Waals surface area contributed by atoms with Gasteiger partial charge in [0, 0.05) is 45.5 Å². The Hall–Kier alpha value is -2.23. The Morgan fingerprint density at radius 1 is 1.06 bits per heavy atom. The molecule has 2 aromatic rings. The van der Waals surface area contributed by atoms with Crippen molar-refractivity contribution in [2.24, 2.45) is 5.92 Å². The molecule has 0 aliphatic carbocycles. The molecule has 7 nitrogen and oxygen atoms in total. The van der Waals surface area contributed by atoms with Gasteiger partial charge in [-0.2, -0.15) is 4.31 Å². The number of carbonyl (C=O) groups is 1. The Balaban J connectivity index is 1.39. The highest BCUT2D eigenvalue weighted by Crippen LogP contribution is 2.27. The van der Waals surface area contributed by atoms with Crippen LogP contribution < -0.4 is 4.90 Å². The zero-order chi connectivity index (χ0) is 22.0. The van der Waals surface area contributed by atoms with Gasteiger partial charge in [-0.1, -0.05) is 11.6 Å². The molecule has 0 N–H and O–H groups in total. The molecule has 1 atom stereocenters. The smallest absolute Gasteiger partial charge is 0.243 e. The lowest BCUT2D eigenvalue weighted by molar-refractivity contribution is -0.137. The number of pyridine rings is 1. The van der Waals surface area contributed by atoms with Crippen LogP contribution in [0.2, 0.25) is 5.02 Å². The van der Waals surface area contributed by atoms with Crippen LogP contribution in [0.5, 0.6) is 0 Å². The number of carbonyl (C=O) groups excluding carboxylic acids is 1. The number of sulfonamides is 1. The van der Waals surface area contributed by atoms with E-state index in [1.54, 1.807) is 23.2 Å². The summed E-state index contributed by atoms with van der Waals surface area (Å²) in [4.78, 5) is 21.3. The lowest BCUT2D eigenvalue weighted by atomic mass is 9.98. The molecule has 4 rings (SSSR count). The highest BCUT2D eigenvalue weighted by molar-refractivity contribution is 7.89. The topological polar surface area (TPSA) is 73.8 Å². The third-order valence-electron chi connectivity index (χ3n) is 5.81. The predicted molar refractivity (Wildman–Crippen MR) is 116 cm³/mol. The van der Waals surface area contributed by atoms with Gasteiger partial charge in [-0.05, 0) is 49.2 Å². The standard InChI is InChI=1S/C21H24ClFN4O3S/c22-19-4-1-9-24-20(19)25-11-13-26(14-12-25)21(28)16-3-2-10-27(15-16)31(29,30)18-7-5-17(23)6-8-18/h1,4-9,16H,2-3,10-15H2. The number of piperidine rings is 1. The van der Waals surface area contributed by atoms with Crippen molar-refractivity contribution in [1.82, 2.24) is 14.2 Å². The first-order valence-electron chi connectivity index (χ1n) is 10.3. The molecular formula is C21H24ClFN4O3S. The first-order chi connectivity index (χ1) is 14.9. The molecule has 10 heteroatoms. The third-order valence-corrected chi connectivity index (χ3v) is 7.99. The van der Waals surface area contributed by atoms with Crippen LogP contribution in [-0.2, 0) is 14.8 Å². The van der Waals surface area contributed by atoms with Crippen LogP contribution in [0.15, 0.2) is 47.5 Å². The summed E-state index contributed by atoms with van der Waals surface area (Å²) in [5.41, 5.74) is 0. The average molecular weight is 467 g/mol. The minimum atomic E-state index is -3.76. The van der Waals surface area contributed by atoms with E-state index >= 15 is 0 Å². The monoisotopic (exact) mass is 466 g/mol. The van der Waals surface area contributed by atoms with E-state index < -0.39 is 15.8 Å². The predicted octanol–water partition coefficient (Wildman–Crippen LogP) is 2.62. The van der Waals surface area contributed by atoms with E-state index in [4.69, 9.17) is 11.6 Å². The number of aromatic nitrogens is 1. The second-order valence-corrected chi connectivity index (χ2v) is 10.1. The van der Waals surface area contributed by atoms with Gasteiger partial charge in [0.2, 0.25) is 15.9 Å². The normalized spacial score (nSPS) is 20.6. The van der Waals surface area contributed by atoms with Crippen LogP contribution in [-0.4, -0.2) is 67.8 Å². The Labute approximate surface area is 186 Å². The largest absolute Gasteiger partial charge is 0.352 e. The summed E-state index contributed by atoms with van der Waals surface area (Å²) in [5.74, 6) is -0.179. The maximum absolute atomic E-state index is 13.2. The Morgan fingerprint density at radius 2 is 1.77 bits per heavy atom. The van der Waals surface area contributed by atoms with Crippen LogP contribution in [0, 0.1) is 11.7 Å². The van der Waals surface area contributed by atoms with E-state index in [-0.39, 0.29) is 23.3 Å². The number of amides is 1. The number of nitrogens with zero attached hydrogens (tertiary/aromatic N) is 4. The fraction of sp³-hybridized carbons (Fsp3) is 0.429. The summed E-state index contributed by atoms with van der Waals surface area (Å²) in [6, 6.07) is 8.36. The van der Waals surface area contributed by atoms with Crippen molar-refractivity contribution in [3.05, 3.63) is 53.4 Å². The molecule has 2 saturated heterocycles. The lowest BCUT2D eigenvalue weighted by Gasteiger charge is -2.39. The maximum atomic E-state index is 13.2. The summed E-state index contributed by atoms with van der Waals surface area (Å²) >= 11 is 6.23. The van der Waals surface area contributed by atoms with Crippen LogP contribution in [0.3, 0.4) is 0 Å². The van der Waals surface area contributed by atoms with Gasteiger partial charge < -0.3 is 9.80 Å². The molecule has 1 unspecified atom stereocenters. The average Bonchev–Trinajstić information content (AvgIpc) is 2.79. The molecule has 0 radical (unpaired) electrons. The quantitative estimate of drug-likeness (QED) is 0.692. The zero-order valence-electron chi connectivity index (χ0n) is 17.0. The van der Waals surface area contributed by atoms with E-state index in [0.29, 0.717) is 56.4 Å². The van der Waals surface area contributed by atoms with Gasteiger partial charge in [-0.15, -0.1) is 0 Å². The van der Waals surface area contributed by atoms with Crippen molar-refractivity contribution in [2.75, 3.05) is 44.2 Å². The molecule has 1 amide bonds. The maximum Gasteiger partial charge on any atom is 0.243 e. The highest BCUT2D eigenvalue weighted by Gasteiger charge is 2.36. The molecule has 2 aliphatic heterocycles. The summed E-state index contributed by atoms with van der Waals surface area (Å²) < 4.78 is 40.4. The molecule has 2 aliphatic rings. The molecular weight excluding hydrogens is 443 g/mol. The van der Waals surface area contributed by atoms with Crippen molar-refractivity contribution >= 4 is 33.3 Å². The summed E-state index contributed by atoms with van der Waals surface area (Å²) in [7, 11) is -3.76. The number of hydrogen-bond acceptors (Lipinski definition) is 5. The Kier molecular flexibility index (Phi) is 6.45. The molecule has 166 valence electrons. The minimum absolute atomic E-state index is 0.0224. The van der Waals surface area contributed by atoms with Crippen molar-refractivity contribution in [3.8, 4) is 0 Å². The number of piperazine rings is 1. The molecule has 0 bridgehead atoms. The van der Waals surface area contributed by atoms with Crippen molar-refractivity contribution in [3.63, 3.8) is 0 Å². The second-order valence-electron chi connectivity index (χ2n) is 7.78. The fourth-order valence-electron chi connectivity index (χ4n) is 4.12. The Morgan fingerprint density at radius 3 is 2.45 bits per heavy atom. The van der Waals surface area contributed by atoms with E-state index in [2.05, 4.69) is 9.88 Å². The SMILES string of the molecule is O=C(C1CCCN(S(=O)(=O)c2ccc(F)cc2)C1)N1CCN(c2ncccc2Cl)CC1. The number of halogens is 2. The van der Waals surface area contributed by atoms with E-state index in [1.165, 1.54) is 16.4 Å². The minimum Gasteiger partial charge on any atom is -0.352 e. The van der Waals surface area contributed by atoms with Gasteiger partial charge in [0.25, 0.3) is 0 Å². The van der Waals surface area contributed by atoms with Crippen LogP contribution in [0.4, 0.5) is 10.2 Å². The molecule has 1 aromatic heterocycles. The lowest BCUT2D eigenvalue weighted by Crippen LogP contribution is -2.53. The van der Waals surface area contributed by atoms with Crippen LogP contribution in [0.1, 0.15) is 12.8 Å². The Bertz CT molecular complexity index is 1040. The van der Waals surface area contributed by atoms with Crippen molar-refractivity contribution in [1.29, 1.82) is 0 Å². The van der Waals surface area contributed by atoms with Gasteiger partial charge in [-0.3, -0.25) is 4.79 Å². The highest BCUT2D eigenvalue weighted by atomic mass is 35.5. The third kappa shape index (κ3) is 4.68. The molecule has 2 fully saturated rings. The first-order valence-corrected chi connectivity index (χ1v) is 12.1. The van der Waals surface area contributed by atoms with E-state index in [1.807, 2.05) is 0 Å². The molecule has 3 heterocycles. The van der Waals surface area contributed by atoms with E-state index in [9.17, 15) is 17.6 Å². The zero-order valence-corrected chi connectivity index (χ0v) is 18.5. The fourth-order valence-corrected chi connectivity index (χ4v) is 5.89. The molecule has 31 heavy (non-hydrogen) atoms. The van der Waals surface area contributed by atoms with Crippen molar-refractivity contribution < 1.29 is 17.6 Å². The summed E-state index contributed by atoms with van der Waals surface area (Å²) in [6.45, 7) is 2.81. The van der Waals surface area contributed by atoms with Gasteiger partial charge in [0.1, 0.15) is 11.6 Å². The van der Waals surface area contributed by atoms with Crippen LogP contribution >= 0.6 is 11.6 Å². The molecule has 0 saturated carbocycles. The van der Waals surface area contributed by atoms with E-state index in [0.717, 1.165) is 12.1 Å². The summed E-state index contributed by atoms with van der Waals surface area (Å²) in [5, 5.41) is 0.580. The first kappa shape index (κ1) is 22.0. The van der Waals surface area contributed by atoms with Gasteiger partial charge >= 0.3 is 0 Å².